The zero-order chi connectivity index (χ0) is 7.40. The molecular weight excluding hydrogens is 130 g/mol. The first-order chi connectivity index (χ1) is 4.84. The number of ether oxygens (including phenoxy) is 1. The number of nitrogens with zero attached hydrogens (tertiary/aromatic N) is 1. The molecular formula is C7H11NO2. The predicted molar refractivity (Wildman–Crippen MR) is 36.2 cm³/mol. The molecule has 1 saturated heterocycles. The van der Waals surface area contributed by atoms with Crippen LogP contribution in [0.3, 0.4) is 0 Å². The first-order valence-electron chi connectivity index (χ1n) is 3.50. The van der Waals surface area contributed by atoms with E-state index in [4.69, 9.17) is 7.11 Å². The molecule has 0 atom stereocenters. The van der Waals surface area contributed by atoms with Crippen LogP contribution in [0.2, 0.25) is 0 Å². The number of amides is 1. The molecule has 2 radical (unpaired) electrons. The minimum Gasteiger partial charge on any atom is -0.438 e. The molecule has 0 saturated carbocycles. The standard InChI is InChI=1S/C7H11NO2/c1-10-7(9)8-5-3-2-4-6-8/h1H,2-6H2. The fourth-order valence-corrected chi connectivity index (χ4v) is 1.15. The van der Waals surface area contributed by atoms with E-state index < -0.39 is 6.09 Å². The molecule has 0 bridgehead atoms. The van der Waals surface area contributed by atoms with Crippen molar-refractivity contribution in [2.75, 3.05) is 13.1 Å². The topological polar surface area (TPSA) is 29.5 Å². The summed E-state index contributed by atoms with van der Waals surface area (Å²) in [5, 5.41) is 0. The van der Waals surface area contributed by atoms with Gasteiger partial charge in [-0.15, -0.1) is 0 Å². The Labute approximate surface area is 61.0 Å². The lowest BCUT2D eigenvalue weighted by molar-refractivity contribution is 0.126. The molecule has 1 rings (SSSR count). The van der Waals surface area contributed by atoms with Crippen LogP contribution in [0.15, 0.2) is 0 Å². The molecule has 1 aliphatic heterocycles. The third-order valence-corrected chi connectivity index (χ3v) is 1.72. The number of carbonyl (C=O) groups excluding carboxylic acids is 1. The van der Waals surface area contributed by atoms with Crippen molar-refractivity contribution in [1.82, 2.24) is 4.90 Å². The molecule has 0 aliphatic carbocycles. The number of hydrogen-bond acceptors (Lipinski definition) is 2. The van der Waals surface area contributed by atoms with Gasteiger partial charge < -0.3 is 9.64 Å². The molecule has 3 heteroatoms. The van der Waals surface area contributed by atoms with Crippen molar-refractivity contribution in [2.24, 2.45) is 0 Å². The molecule has 0 aromatic rings. The normalized spacial score (nSPS) is 18.7. The SMILES string of the molecule is [CH]OC(=O)N1CCCCC1. The molecule has 0 aromatic heterocycles. The van der Waals surface area contributed by atoms with Gasteiger partial charge in [0.2, 0.25) is 0 Å². The molecule has 1 fully saturated rings. The third kappa shape index (κ3) is 1.62. The second-order valence-electron chi connectivity index (χ2n) is 2.43. The van der Waals surface area contributed by atoms with Gasteiger partial charge in [-0.1, -0.05) is 0 Å². The highest BCUT2D eigenvalue weighted by atomic mass is 16.5. The molecule has 0 spiro atoms. The summed E-state index contributed by atoms with van der Waals surface area (Å²) in [4.78, 5) is 12.4. The van der Waals surface area contributed by atoms with Crippen molar-refractivity contribution in [2.45, 2.75) is 19.3 Å². The van der Waals surface area contributed by atoms with E-state index in [0.717, 1.165) is 25.9 Å². The van der Waals surface area contributed by atoms with Crippen molar-refractivity contribution in [1.29, 1.82) is 0 Å². The van der Waals surface area contributed by atoms with Gasteiger partial charge in [0.15, 0.2) is 7.11 Å². The Morgan fingerprint density at radius 3 is 2.40 bits per heavy atom. The van der Waals surface area contributed by atoms with Crippen LogP contribution < -0.4 is 0 Å². The van der Waals surface area contributed by atoms with Crippen molar-refractivity contribution in [3.63, 3.8) is 0 Å². The second-order valence-corrected chi connectivity index (χ2v) is 2.43. The fraction of sp³-hybridized carbons (Fsp3) is 0.714. The van der Waals surface area contributed by atoms with E-state index in [2.05, 4.69) is 4.74 Å². The van der Waals surface area contributed by atoms with Gasteiger partial charge in [-0.2, -0.15) is 0 Å². The minimum atomic E-state index is -0.403. The maximum atomic E-state index is 10.7. The van der Waals surface area contributed by atoms with Crippen LogP contribution in [0.1, 0.15) is 19.3 Å². The summed E-state index contributed by atoms with van der Waals surface area (Å²) in [6, 6.07) is 0. The van der Waals surface area contributed by atoms with Crippen LogP contribution in [0, 0.1) is 7.11 Å². The summed E-state index contributed by atoms with van der Waals surface area (Å²) in [6.45, 7) is 1.58. The van der Waals surface area contributed by atoms with E-state index in [1.165, 1.54) is 6.42 Å². The van der Waals surface area contributed by atoms with Gasteiger partial charge in [-0.25, -0.2) is 4.79 Å². The fourth-order valence-electron chi connectivity index (χ4n) is 1.15. The highest BCUT2D eigenvalue weighted by Crippen LogP contribution is 2.09. The summed E-state index contributed by atoms with van der Waals surface area (Å²) < 4.78 is 4.08. The van der Waals surface area contributed by atoms with E-state index in [1.807, 2.05) is 0 Å². The highest BCUT2D eigenvalue weighted by Gasteiger charge is 2.15. The Balaban J connectivity index is 2.31. The van der Waals surface area contributed by atoms with E-state index in [1.54, 1.807) is 4.90 Å². The Bertz CT molecular complexity index is 119. The summed E-state index contributed by atoms with van der Waals surface area (Å²) >= 11 is 0. The van der Waals surface area contributed by atoms with Gasteiger partial charge in [-0.05, 0) is 19.3 Å². The molecule has 0 unspecified atom stereocenters. The van der Waals surface area contributed by atoms with E-state index in [-0.39, 0.29) is 0 Å². The van der Waals surface area contributed by atoms with Gasteiger partial charge in [0.05, 0.1) is 0 Å². The predicted octanol–water partition coefficient (Wildman–Crippen LogP) is 1.28. The Hall–Kier alpha value is -0.730. The Kier molecular flexibility index (Phi) is 2.54. The monoisotopic (exact) mass is 141 g/mol. The molecule has 3 nitrogen and oxygen atoms in total. The molecule has 56 valence electrons. The number of piperidine rings is 1. The number of rotatable bonds is 0. The van der Waals surface area contributed by atoms with Gasteiger partial charge in [0.1, 0.15) is 0 Å². The van der Waals surface area contributed by atoms with E-state index >= 15 is 0 Å². The Morgan fingerprint density at radius 1 is 1.30 bits per heavy atom. The van der Waals surface area contributed by atoms with Crippen LogP contribution in [0.25, 0.3) is 0 Å². The first-order valence-corrected chi connectivity index (χ1v) is 3.50. The van der Waals surface area contributed by atoms with Gasteiger partial charge >= 0.3 is 6.09 Å². The van der Waals surface area contributed by atoms with Crippen molar-refractivity contribution >= 4 is 6.09 Å². The summed E-state index contributed by atoms with van der Waals surface area (Å²) in [6.07, 6.45) is 2.93. The average molecular weight is 141 g/mol. The molecule has 10 heavy (non-hydrogen) atoms. The van der Waals surface area contributed by atoms with Gasteiger partial charge in [-0.3, -0.25) is 0 Å². The average Bonchev–Trinajstić information content (AvgIpc) is 2.05. The van der Waals surface area contributed by atoms with Gasteiger partial charge in [0.25, 0.3) is 0 Å². The van der Waals surface area contributed by atoms with Crippen molar-refractivity contribution in [3.8, 4) is 0 Å². The largest absolute Gasteiger partial charge is 0.438 e. The number of likely N-dealkylation sites (tertiary alicyclic amines) is 1. The molecule has 0 aromatic carbocycles. The van der Waals surface area contributed by atoms with Crippen LogP contribution in [-0.2, 0) is 4.74 Å². The summed E-state index contributed by atoms with van der Waals surface area (Å²) in [7, 11) is 4.71. The van der Waals surface area contributed by atoms with Crippen LogP contribution in [0.4, 0.5) is 4.79 Å². The maximum absolute atomic E-state index is 10.7. The lowest BCUT2D eigenvalue weighted by atomic mass is 10.1. The Morgan fingerprint density at radius 2 is 1.90 bits per heavy atom. The van der Waals surface area contributed by atoms with Crippen molar-refractivity contribution in [3.05, 3.63) is 7.11 Å². The van der Waals surface area contributed by atoms with E-state index in [9.17, 15) is 4.79 Å². The maximum Gasteiger partial charge on any atom is 0.410 e. The lowest BCUT2D eigenvalue weighted by Crippen LogP contribution is -2.35. The smallest absolute Gasteiger partial charge is 0.410 e. The summed E-state index contributed by atoms with van der Waals surface area (Å²) in [5.41, 5.74) is 0. The first kappa shape index (κ1) is 7.38. The van der Waals surface area contributed by atoms with Crippen LogP contribution in [-0.4, -0.2) is 24.1 Å². The minimum absolute atomic E-state index is 0.403. The second kappa shape index (κ2) is 3.44. The van der Waals surface area contributed by atoms with Crippen LogP contribution in [0.5, 0.6) is 0 Å². The molecule has 0 N–H and O–H groups in total. The quantitative estimate of drug-likeness (QED) is 0.508. The number of carbonyl (C=O) groups is 1. The van der Waals surface area contributed by atoms with Crippen molar-refractivity contribution < 1.29 is 9.53 Å². The van der Waals surface area contributed by atoms with Gasteiger partial charge in [0, 0.05) is 13.1 Å². The van der Waals surface area contributed by atoms with E-state index in [0.29, 0.717) is 0 Å². The molecule has 1 aliphatic rings. The zero-order valence-corrected chi connectivity index (χ0v) is 5.88. The molecule has 1 amide bonds. The zero-order valence-electron chi connectivity index (χ0n) is 5.88. The molecule has 1 heterocycles. The number of hydrogen-bond donors (Lipinski definition) is 0. The lowest BCUT2D eigenvalue weighted by Gasteiger charge is -2.24. The van der Waals surface area contributed by atoms with Crippen LogP contribution >= 0.6 is 0 Å². The summed E-state index contributed by atoms with van der Waals surface area (Å²) in [5.74, 6) is 0. The highest BCUT2D eigenvalue weighted by molar-refractivity contribution is 5.67. The third-order valence-electron chi connectivity index (χ3n) is 1.72.